The summed E-state index contributed by atoms with van der Waals surface area (Å²) < 4.78 is 10.8. The van der Waals surface area contributed by atoms with Crippen molar-refractivity contribution in [2.45, 2.75) is 71.6 Å². The van der Waals surface area contributed by atoms with E-state index in [1.54, 1.807) is 9.80 Å². The Morgan fingerprint density at radius 2 is 1.58 bits per heavy atom. The van der Waals surface area contributed by atoms with Gasteiger partial charge in [-0.1, -0.05) is 5.92 Å². The summed E-state index contributed by atoms with van der Waals surface area (Å²) >= 11 is 0. The van der Waals surface area contributed by atoms with Gasteiger partial charge in [-0.15, -0.1) is 6.42 Å². The third-order valence-electron chi connectivity index (χ3n) is 3.45. The number of rotatable bonds is 2. The molecule has 0 atom stereocenters. The van der Waals surface area contributed by atoms with Crippen LogP contribution in [0.5, 0.6) is 0 Å². The lowest BCUT2D eigenvalue weighted by Crippen LogP contribution is -2.50. The first-order valence-corrected chi connectivity index (χ1v) is 8.34. The lowest BCUT2D eigenvalue weighted by Gasteiger charge is -2.38. The van der Waals surface area contributed by atoms with E-state index >= 15 is 0 Å². The SMILES string of the molecule is C#CCN(C(=O)OC(C)(C)C)C1CCN(C(=O)OC(C)(C)C)CC1. The first kappa shape index (κ1) is 20.1. The molecule has 0 aromatic carbocycles. The molecular weight excluding hydrogens is 308 g/mol. The molecule has 0 aromatic rings. The van der Waals surface area contributed by atoms with Gasteiger partial charge in [-0.3, -0.25) is 4.90 Å². The molecule has 6 nitrogen and oxygen atoms in total. The van der Waals surface area contributed by atoms with Crippen molar-refractivity contribution in [1.29, 1.82) is 0 Å². The Labute approximate surface area is 145 Å². The van der Waals surface area contributed by atoms with Crippen LogP contribution in [0.2, 0.25) is 0 Å². The fraction of sp³-hybridized carbons (Fsp3) is 0.778. The highest BCUT2D eigenvalue weighted by atomic mass is 16.6. The summed E-state index contributed by atoms with van der Waals surface area (Å²) in [5.74, 6) is 2.52. The van der Waals surface area contributed by atoms with Crippen LogP contribution in [0.1, 0.15) is 54.4 Å². The topological polar surface area (TPSA) is 59.1 Å². The van der Waals surface area contributed by atoms with E-state index in [2.05, 4.69) is 5.92 Å². The first-order chi connectivity index (χ1) is 10.9. The van der Waals surface area contributed by atoms with Crippen LogP contribution < -0.4 is 0 Å². The van der Waals surface area contributed by atoms with Crippen molar-refractivity contribution in [2.75, 3.05) is 19.6 Å². The molecule has 1 fully saturated rings. The highest BCUT2D eigenvalue weighted by Gasteiger charge is 2.33. The minimum Gasteiger partial charge on any atom is -0.444 e. The number of terminal acetylenes is 1. The van der Waals surface area contributed by atoms with Gasteiger partial charge in [0.1, 0.15) is 11.2 Å². The molecule has 6 heteroatoms. The van der Waals surface area contributed by atoms with Gasteiger partial charge in [0.2, 0.25) is 0 Å². The molecule has 0 aliphatic carbocycles. The molecule has 0 aromatic heterocycles. The van der Waals surface area contributed by atoms with Gasteiger partial charge in [0.25, 0.3) is 0 Å². The highest BCUT2D eigenvalue weighted by molar-refractivity contribution is 5.70. The van der Waals surface area contributed by atoms with Gasteiger partial charge in [0.15, 0.2) is 0 Å². The van der Waals surface area contributed by atoms with E-state index in [0.29, 0.717) is 25.9 Å². The minimum atomic E-state index is -0.568. The Bertz CT molecular complexity index is 489. The average molecular weight is 338 g/mol. The summed E-state index contributed by atoms with van der Waals surface area (Å²) in [6, 6.07) is -0.0328. The summed E-state index contributed by atoms with van der Waals surface area (Å²) in [4.78, 5) is 27.7. The maximum Gasteiger partial charge on any atom is 0.411 e. The summed E-state index contributed by atoms with van der Waals surface area (Å²) in [7, 11) is 0. The molecule has 1 aliphatic rings. The molecule has 1 aliphatic heterocycles. The average Bonchev–Trinajstić information content (AvgIpc) is 2.41. The molecule has 136 valence electrons. The number of ether oxygens (including phenoxy) is 2. The first-order valence-electron chi connectivity index (χ1n) is 8.34. The molecule has 2 amide bonds. The number of hydrogen-bond acceptors (Lipinski definition) is 4. The smallest absolute Gasteiger partial charge is 0.411 e. The molecule has 1 rings (SSSR count). The number of hydrogen-bond donors (Lipinski definition) is 0. The number of amides is 2. The Hall–Kier alpha value is -1.90. The van der Waals surface area contributed by atoms with Crippen LogP contribution >= 0.6 is 0 Å². The van der Waals surface area contributed by atoms with Crippen molar-refractivity contribution in [3.63, 3.8) is 0 Å². The normalized spacial score (nSPS) is 16.3. The predicted octanol–water partition coefficient (Wildman–Crippen LogP) is 3.26. The summed E-state index contributed by atoms with van der Waals surface area (Å²) in [6.07, 6.45) is 5.98. The molecule has 0 radical (unpaired) electrons. The largest absolute Gasteiger partial charge is 0.444 e. The lowest BCUT2D eigenvalue weighted by atomic mass is 10.0. The van der Waals surface area contributed by atoms with Crippen LogP contribution in [0.15, 0.2) is 0 Å². The number of carbonyl (C=O) groups excluding carboxylic acids is 2. The van der Waals surface area contributed by atoms with Gasteiger partial charge in [-0.2, -0.15) is 0 Å². The Morgan fingerprint density at radius 3 is 2.00 bits per heavy atom. The molecule has 1 heterocycles. The summed E-state index contributed by atoms with van der Waals surface area (Å²) in [5, 5.41) is 0. The van der Waals surface area contributed by atoms with E-state index in [1.807, 2.05) is 41.5 Å². The Kier molecular flexibility index (Phi) is 6.53. The van der Waals surface area contributed by atoms with Crippen molar-refractivity contribution in [2.24, 2.45) is 0 Å². The van der Waals surface area contributed by atoms with Gasteiger partial charge in [0.05, 0.1) is 6.54 Å². The second-order valence-electron chi connectivity index (χ2n) is 8.01. The molecule has 1 saturated heterocycles. The van der Waals surface area contributed by atoms with Gasteiger partial charge >= 0.3 is 12.2 Å². The third kappa shape index (κ3) is 6.69. The number of nitrogens with zero attached hydrogens (tertiary/aromatic N) is 2. The van der Waals surface area contributed by atoms with E-state index in [-0.39, 0.29) is 18.7 Å². The van der Waals surface area contributed by atoms with Crippen molar-refractivity contribution in [3.05, 3.63) is 0 Å². The second-order valence-corrected chi connectivity index (χ2v) is 8.01. The Morgan fingerprint density at radius 1 is 1.08 bits per heavy atom. The molecule has 24 heavy (non-hydrogen) atoms. The highest BCUT2D eigenvalue weighted by Crippen LogP contribution is 2.21. The standard InChI is InChI=1S/C18H30N2O4/c1-8-11-20(16(22)24-18(5,6)7)14-9-12-19(13-10-14)15(21)23-17(2,3)4/h1,14H,9-13H2,2-7H3. The quantitative estimate of drug-likeness (QED) is 0.725. The Balaban J connectivity index is 2.64. The summed E-state index contributed by atoms with van der Waals surface area (Å²) in [5.41, 5.74) is -1.08. The number of likely N-dealkylation sites (tertiary alicyclic amines) is 1. The monoisotopic (exact) mass is 338 g/mol. The van der Waals surface area contributed by atoms with E-state index in [0.717, 1.165) is 0 Å². The fourth-order valence-electron chi connectivity index (χ4n) is 2.45. The zero-order chi connectivity index (χ0) is 18.5. The van der Waals surface area contributed by atoms with Crippen molar-refractivity contribution >= 4 is 12.2 Å². The van der Waals surface area contributed by atoms with Crippen LogP contribution in [-0.2, 0) is 9.47 Å². The minimum absolute atomic E-state index is 0.0328. The zero-order valence-electron chi connectivity index (χ0n) is 15.7. The van der Waals surface area contributed by atoms with Gasteiger partial charge in [-0.25, -0.2) is 9.59 Å². The maximum absolute atomic E-state index is 12.4. The van der Waals surface area contributed by atoms with Crippen LogP contribution in [-0.4, -0.2) is 58.9 Å². The fourth-order valence-corrected chi connectivity index (χ4v) is 2.45. The molecule has 0 spiro atoms. The van der Waals surface area contributed by atoms with E-state index < -0.39 is 17.3 Å². The van der Waals surface area contributed by atoms with Crippen LogP contribution in [0.4, 0.5) is 9.59 Å². The zero-order valence-corrected chi connectivity index (χ0v) is 15.7. The van der Waals surface area contributed by atoms with E-state index in [9.17, 15) is 9.59 Å². The van der Waals surface area contributed by atoms with Gasteiger partial charge in [-0.05, 0) is 54.4 Å². The van der Waals surface area contributed by atoms with Crippen LogP contribution in [0.3, 0.4) is 0 Å². The van der Waals surface area contributed by atoms with E-state index in [1.165, 1.54) is 0 Å². The maximum atomic E-state index is 12.4. The van der Waals surface area contributed by atoms with E-state index in [4.69, 9.17) is 15.9 Å². The molecule has 0 bridgehead atoms. The van der Waals surface area contributed by atoms with Crippen molar-refractivity contribution in [3.8, 4) is 12.3 Å². The molecular formula is C18H30N2O4. The second kappa shape index (κ2) is 7.78. The molecule has 0 saturated carbocycles. The molecule has 0 N–H and O–H groups in total. The van der Waals surface area contributed by atoms with Crippen LogP contribution in [0.25, 0.3) is 0 Å². The molecule has 0 unspecified atom stereocenters. The summed E-state index contributed by atoms with van der Waals surface area (Å²) in [6.45, 7) is 12.3. The lowest BCUT2D eigenvalue weighted by molar-refractivity contribution is 0.00310. The predicted molar refractivity (Wildman–Crippen MR) is 92.6 cm³/mol. The van der Waals surface area contributed by atoms with Crippen molar-refractivity contribution < 1.29 is 19.1 Å². The van der Waals surface area contributed by atoms with Crippen LogP contribution in [0, 0.1) is 12.3 Å². The van der Waals surface area contributed by atoms with Gasteiger partial charge < -0.3 is 14.4 Å². The number of piperidine rings is 1. The van der Waals surface area contributed by atoms with Gasteiger partial charge in [0, 0.05) is 19.1 Å². The van der Waals surface area contributed by atoms with Crippen molar-refractivity contribution in [1.82, 2.24) is 9.80 Å². The third-order valence-corrected chi connectivity index (χ3v) is 3.45. The number of carbonyl (C=O) groups is 2.